The molecule has 0 aliphatic rings. The third kappa shape index (κ3) is 4.11. The first kappa shape index (κ1) is 18.5. The smallest absolute Gasteiger partial charge is 0.252 e. The fourth-order valence-corrected chi connectivity index (χ4v) is 3.25. The molecule has 0 bridgehead atoms. The second-order valence-electron chi connectivity index (χ2n) is 6.56. The molecule has 1 atom stereocenters. The summed E-state index contributed by atoms with van der Waals surface area (Å²) in [7, 11) is 1.61. The van der Waals surface area contributed by atoms with Gasteiger partial charge in [-0.2, -0.15) is 0 Å². The highest BCUT2D eigenvalue weighted by Crippen LogP contribution is 2.34. The van der Waals surface area contributed by atoms with Crippen LogP contribution in [-0.4, -0.2) is 18.1 Å². The summed E-state index contributed by atoms with van der Waals surface area (Å²) in [6.45, 7) is 3.87. The molecule has 0 radical (unpaired) electrons. The summed E-state index contributed by atoms with van der Waals surface area (Å²) in [5.74, 6) is 0.703. The summed E-state index contributed by atoms with van der Waals surface area (Å²) in [6.07, 6.45) is 0. The Labute approximate surface area is 159 Å². The summed E-state index contributed by atoms with van der Waals surface area (Å²) >= 11 is 0. The number of hydrogen-bond donors (Lipinski definition) is 2. The molecule has 3 aromatic rings. The number of carbonyl (C=O) groups excluding carboxylic acids is 1. The molecule has 0 saturated heterocycles. The Morgan fingerprint density at radius 1 is 1.00 bits per heavy atom. The standard InChI is InChI=1S/C23H23NO3/c1-15-13-16(2)21(20(25)14-15)22(17-9-11-19(27-3)12-10-17)24-23(26)18-7-5-4-6-8-18/h4-14,22,25H,1-3H3,(H,24,26). The second-order valence-corrected chi connectivity index (χ2v) is 6.56. The molecule has 0 spiro atoms. The maximum Gasteiger partial charge on any atom is 0.252 e. The van der Waals surface area contributed by atoms with Gasteiger partial charge in [0.15, 0.2) is 0 Å². The molecular formula is C23H23NO3. The number of phenols is 1. The molecule has 1 unspecified atom stereocenters. The van der Waals surface area contributed by atoms with Crippen LogP contribution in [0, 0.1) is 13.8 Å². The SMILES string of the molecule is COc1ccc(C(NC(=O)c2ccccc2)c2c(C)cc(C)cc2O)cc1. The summed E-state index contributed by atoms with van der Waals surface area (Å²) in [4.78, 5) is 12.8. The average Bonchev–Trinajstić information content (AvgIpc) is 2.67. The van der Waals surface area contributed by atoms with Gasteiger partial charge in [0.25, 0.3) is 5.91 Å². The van der Waals surface area contributed by atoms with Crippen LogP contribution in [0.5, 0.6) is 11.5 Å². The minimum absolute atomic E-state index is 0.168. The van der Waals surface area contributed by atoms with E-state index in [2.05, 4.69) is 5.32 Å². The van der Waals surface area contributed by atoms with Gasteiger partial charge in [0.05, 0.1) is 13.2 Å². The van der Waals surface area contributed by atoms with Crippen molar-refractivity contribution in [2.24, 2.45) is 0 Å². The molecular weight excluding hydrogens is 338 g/mol. The van der Waals surface area contributed by atoms with Crippen LogP contribution in [0.3, 0.4) is 0 Å². The van der Waals surface area contributed by atoms with Crippen LogP contribution < -0.4 is 10.1 Å². The Kier molecular flexibility index (Phi) is 5.46. The van der Waals surface area contributed by atoms with Crippen LogP contribution in [0.4, 0.5) is 0 Å². The average molecular weight is 361 g/mol. The van der Waals surface area contributed by atoms with Crippen LogP contribution >= 0.6 is 0 Å². The number of aromatic hydroxyl groups is 1. The summed E-state index contributed by atoms with van der Waals surface area (Å²) in [5, 5.41) is 13.7. The van der Waals surface area contributed by atoms with E-state index in [9.17, 15) is 9.90 Å². The highest BCUT2D eigenvalue weighted by atomic mass is 16.5. The van der Waals surface area contributed by atoms with Crippen molar-refractivity contribution in [3.63, 3.8) is 0 Å². The predicted molar refractivity (Wildman–Crippen MR) is 106 cm³/mol. The van der Waals surface area contributed by atoms with Crippen LogP contribution in [0.15, 0.2) is 66.7 Å². The van der Waals surface area contributed by atoms with Crippen LogP contribution in [0.2, 0.25) is 0 Å². The number of hydrogen-bond acceptors (Lipinski definition) is 3. The Balaban J connectivity index is 2.05. The molecule has 3 aromatic carbocycles. The summed E-state index contributed by atoms with van der Waals surface area (Å²) in [6, 6.07) is 19.8. The number of amides is 1. The topological polar surface area (TPSA) is 58.6 Å². The highest BCUT2D eigenvalue weighted by molar-refractivity contribution is 5.94. The minimum atomic E-state index is -0.482. The van der Waals surface area contributed by atoms with Crippen molar-refractivity contribution in [3.05, 3.63) is 94.5 Å². The lowest BCUT2D eigenvalue weighted by molar-refractivity contribution is 0.0942. The lowest BCUT2D eigenvalue weighted by atomic mass is 9.92. The van der Waals surface area contributed by atoms with Gasteiger partial charge in [-0.25, -0.2) is 0 Å². The number of aryl methyl sites for hydroxylation is 2. The van der Waals surface area contributed by atoms with Gasteiger partial charge in [0.1, 0.15) is 11.5 Å². The molecule has 0 aliphatic carbocycles. The largest absolute Gasteiger partial charge is 0.508 e. The van der Waals surface area contributed by atoms with Gasteiger partial charge < -0.3 is 15.2 Å². The van der Waals surface area contributed by atoms with Crippen LogP contribution in [0.1, 0.15) is 38.7 Å². The monoisotopic (exact) mass is 361 g/mol. The Hall–Kier alpha value is -3.27. The Morgan fingerprint density at radius 3 is 2.26 bits per heavy atom. The second kappa shape index (κ2) is 7.96. The summed E-state index contributed by atoms with van der Waals surface area (Å²) in [5.41, 5.74) is 4.01. The van der Waals surface area contributed by atoms with Crippen molar-refractivity contribution in [2.75, 3.05) is 7.11 Å². The van der Waals surface area contributed by atoms with Gasteiger partial charge in [-0.1, -0.05) is 36.4 Å². The van der Waals surface area contributed by atoms with Crippen molar-refractivity contribution >= 4 is 5.91 Å². The molecule has 4 heteroatoms. The minimum Gasteiger partial charge on any atom is -0.508 e. The van der Waals surface area contributed by atoms with Gasteiger partial charge in [0, 0.05) is 11.1 Å². The molecule has 2 N–H and O–H groups in total. The van der Waals surface area contributed by atoms with Crippen molar-refractivity contribution in [3.8, 4) is 11.5 Å². The molecule has 0 heterocycles. The number of nitrogens with one attached hydrogen (secondary N) is 1. The third-order valence-corrected chi connectivity index (χ3v) is 4.56. The van der Waals surface area contributed by atoms with E-state index >= 15 is 0 Å². The van der Waals surface area contributed by atoms with Gasteiger partial charge in [0.2, 0.25) is 0 Å². The maximum atomic E-state index is 12.8. The Morgan fingerprint density at radius 2 is 1.67 bits per heavy atom. The number of phenolic OH excluding ortho intramolecular Hbond substituents is 1. The lowest BCUT2D eigenvalue weighted by Gasteiger charge is -2.23. The lowest BCUT2D eigenvalue weighted by Crippen LogP contribution is -2.30. The van der Waals surface area contributed by atoms with Gasteiger partial charge in [-0.15, -0.1) is 0 Å². The summed E-state index contributed by atoms with van der Waals surface area (Å²) < 4.78 is 5.23. The molecule has 0 aromatic heterocycles. The molecule has 0 saturated carbocycles. The third-order valence-electron chi connectivity index (χ3n) is 4.56. The highest BCUT2D eigenvalue weighted by Gasteiger charge is 2.23. The van der Waals surface area contributed by atoms with Crippen LogP contribution in [0.25, 0.3) is 0 Å². The number of methoxy groups -OCH3 is 1. The van der Waals surface area contributed by atoms with E-state index in [1.807, 2.05) is 62.4 Å². The fourth-order valence-electron chi connectivity index (χ4n) is 3.25. The first-order chi connectivity index (χ1) is 13.0. The van der Waals surface area contributed by atoms with Crippen LogP contribution in [-0.2, 0) is 0 Å². The number of ether oxygens (including phenoxy) is 1. The van der Waals surface area contributed by atoms with E-state index in [-0.39, 0.29) is 11.7 Å². The number of carbonyl (C=O) groups is 1. The molecule has 4 nitrogen and oxygen atoms in total. The zero-order valence-electron chi connectivity index (χ0n) is 15.7. The van der Waals surface area contributed by atoms with Crippen molar-refractivity contribution in [1.82, 2.24) is 5.32 Å². The van der Waals surface area contributed by atoms with E-state index in [1.54, 1.807) is 25.3 Å². The van der Waals surface area contributed by atoms with E-state index in [4.69, 9.17) is 4.74 Å². The molecule has 0 fully saturated rings. The first-order valence-electron chi connectivity index (χ1n) is 8.79. The molecule has 3 rings (SSSR count). The number of benzene rings is 3. The van der Waals surface area contributed by atoms with Crippen molar-refractivity contribution < 1.29 is 14.6 Å². The Bertz CT molecular complexity index is 911. The van der Waals surface area contributed by atoms with Gasteiger partial charge >= 0.3 is 0 Å². The normalized spacial score (nSPS) is 11.7. The number of rotatable bonds is 5. The van der Waals surface area contributed by atoms with E-state index in [1.165, 1.54) is 0 Å². The fraction of sp³-hybridized carbons (Fsp3) is 0.174. The maximum absolute atomic E-state index is 12.8. The van der Waals surface area contributed by atoms with E-state index in [0.29, 0.717) is 11.1 Å². The molecule has 1 amide bonds. The zero-order chi connectivity index (χ0) is 19.4. The first-order valence-corrected chi connectivity index (χ1v) is 8.79. The quantitative estimate of drug-likeness (QED) is 0.701. The molecule has 0 aliphatic heterocycles. The van der Waals surface area contributed by atoms with Crippen molar-refractivity contribution in [2.45, 2.75) is 19.9 Å². The van der Waals surface area contributed by atoms with E-state index in [0.717, 1.165) is 22.4 Å². The van der Waals surface area contributed by atoms with Gasteiger partial charge in [-0.3, -0.25) is 4.79 Å². The predicted octanol–water partition coefficient (Wildman–Crippen LogP) is 4.54. The molecule has 27 heavy (non-hydrogen) atoms. The van der Waals surface area contributed by atoms with Crippen molar-refractivity contribution in [1.29, 1.82) is 0 Å². The zero-order valence-corrected chi connectivity index (χ0v) is 15.7. The molecule has 138 valence electrons. The van der Waals surface area contributed by atoms with Gasteiger partial charge in [-0.05, 0) is 60.9 Å². The van der Waals surface area contributed by atoms with E-state index < -0.39 is 6.04 Å².